The Morgan fingerprint density at radius 2 is 2.00 bits per heavy atom. The molecule has 1 aliphatic heterocycles. The number of carbonyl (C=O) groups excluding carboxylic acids is 1. The summed E-state index contributed by atoms with van der Waals surface area (Å²) < 4.78 is 2.26. The third-order valence-electron chi connectivity index (χ3n) is 3.63. The molecule has 0 aliphatic carbocycles. The lowest BCUT2D eigenvalue weighted by atomic mass is 10.1. The van der Waals surface area contributed by atoms with Crippen molar-refractivity contribution in [2.24, 2.45) is 0 Å². The Morgan fingerprint density at radius 3 is 2.68 bits per heavy atom. The highest BCUT2D eigenvalue weighted by atomic mass is 32.2. The van der Waals surface area contributed by atoms with Crippen molar-refractivity contribution in [1.82, 2.24) is 20.1 Å². The van der Waals surface area contributed by atoms with Gasteiger partial charge in [0.05, 0.1) is 10.6 Å². The number of benzene rings is 1. The minimum absolute atomic E-state index is 0.181. The van der Waals surface area contributed by atoms with Crippen molar-refractivity contribution in [3.63, 3.8) is 0 Å². The number of pyridine rings is 1. The number of aromatic nitrogens is 3. The van der Waals surface area contributed by atoms with Crippen molar-refractivity contribution in [3.8, 4) is 16.9 Å². The Bertz CT molecular complexity index is 981. The minimum Gasteiger partial charge on any atom is -0.307 e. The molecule has 122 valence electrons. The predicted octanol–water partition coefficient (Wildman–Crippen LogP) is 3.42. The van der Waals surface area contributed by atoms with Gasteiger partial charge in [0, 0.05) is 29.7 Å². The lowest BCUT2D eigenvalue weighted by Gasteiger charge is -2.00. The van der Waals surface area contributed by atoms with E-state index in [-0.39, 0.29) is 5.91 Å². The molecule has 1 aromatic carbocycles. The fraction of sp³-hybridized carbons (Fsp3) is 0. The number of thiocarbonyl (C=S) groups is 1. The third-order valence-corrected chi connectivity index (χ3v) is 4.79. The molecule has 7 heteroatoms. The highest BCUT2D eigenvalue weighted by molar-refractivity contribution is 8.26. The molecule has 0 unspecified atom stereocenters. The van der Waals surface area contributed by atoms with Crippen LogP contribution in [0.15, 0.2) is 66.0 Å². The summed E-state index contributed by atoms with van der Waals surface area (Å²) in [5.74, 6) is -0.181. The zero-order valence-corrected chi connectivity index (χ0v) is 14.6. The second-order valence-electron chi connectivity index (χ2n) is 5.31. The number of amides is 1. The van der Waals surface area contributed by atoms with E-state index in [1.807, 2.05) is 54.7 Å². The summed E-state index contributed by atoms with van der Waals surface area (Å²) in [6.07, 6.45) is 7.19. The van der Waals surface area contributed by atoms with Gasteiger partial charge in [-0.1, -0.05) is 42.2 Å². The molecule has 1 fully saturated rings. The van der Waals surface area contributed by atoms with E-state index in [1.165, 1.54) is 11.8 Å². The van der Waals surface area contributed by atoms with Gasteiger partial charge in [-0.25, -0.2) is 4.68 Å². The number of hydrogen-bond acceptors (Lipinski definition) is 5. The van der Waals surface area contributed by atoms with Crippen LogP contribution in [-0.2, 0) is 4.79 Å². The highest BCUT2D eigenvalue weighted by Crippen LogP contribution is 2.30. The summed E-state index contributed by atoms with van der Waals surface area (Å²) in [7, 11) is 0. The fourth-order valence-electron chi connectivity index (χ4n) is 2.50. The summed E-state index contributed by atoms with van der Waals surface area (Å²) in [5, 5.41) is 7.33. The number of carbonyl (C=O) groups is 1. The molecule has 0 radical (unpaired) electrons. The van der Waals surface area contributed by atoms with E-state index in [9.17, 15) is 4.79 Å². The predicted molar refractivity (Wildman–Crippen MR) is 103 cm³/mol. The number of para-hydroxylation sites is 1. The Kier molecular flexibility index (Phi) is 4.17. The third kappa shape index (κ3) is 3.24. The molecule has 0 atom stereocenters. The maximum Gasteiger partial charge on any atom is 0.263 e. The summed E-state index contributed by atoms with van der Waals surface area (Å²) >= 11 is 6.31. The van der Waals surface area contributed by atoms with E-state index in [0.717, 1.165) is 22.5 Å². The summed E-state index contributed by atoms with van der Waals surface area (Å²) in [6.45, 7) is 0. The van der Waals surface area contributed by atoms with Gasteiger partial charge in [-0.3, -0.25) is 9.78 Å². The first-order chi connectivity index (χ1) is 12.2. The lowest BCUT2D eigenvalue weighted by Crippen LogP contribution is -2.17. The van der Waals surface area contributed by atoms with Crippen LogP contribution in [-0.4, -0.2) is 25.0 Å². The van der Waals surface area contributed by atoms with E-state index < -0.39 is 0 Å². The molecular weight excluding hydrogens is 352 g/mol. The van der Waals surface area contributed by atoms with Crippen molar-refractivity contribution < 1.29 is 4.79 Å². The van der Waals surface area contributed by atoms with Crippen molar-refractivity contribution in [2.45, 2.75) is 0 Å². The van der Waals surface area contributed by atoms with E-state index in [0.29, 0.717) is 9.23 Å². The summed E-state index contributed by atoms with van der Waals surface area (Å²) in [6, 6.07) is 13.6. The molecule has 0 spiro atoms. The van der Waals surface area contributed by atoms with Gasteiger partial charge >= 0.3 is 0 Å². The second-order valence-corrected chi connectivity index (χ2v) is 7.03. The fourth-order valence-corrected chi connectivity index (χ4v) is 3.53. The first-order valence-electron chi connectivity index (χ1n) is 7.51. The lowest BCUT2D eigenvalue weighted by molar-refractivity contribution is -0.115. The van der Waals surface area contributed by atoms with Gasteiger partial charge in [0.1, 0.15) is 10.0 Å². The number of nitrogens with one attached hydrogen (secondary N) is 1. The molecule has 3 aromatic rings. The molecule has 0 bridgehead atoms. The van der Waals surface area contributed by atoms with Crippen LogP contribution in [0.4, 0.5) is 0 Å². The van der Waals surface area contributed by atoms with Gasteiger partial charge in [0.2, 0.25) is 0 Å². The van der Waals surface area contributed by atoms with Crippen molar-refractivity contribution in [2.75, 3.05) is 0 Å². The zero-order chi connectivity index (χ0) is 17.2. The van der Waals surface area contributed by atoms with Crippen LogP contribution in [0, 0.1) is 0 Å². The molecule has 2 aromatic heterocycles. The quantitative estimate of drug-likeness (QED) is 0.570. The van der Waals surface area contributed by atoms with E-state index >= 15 is 0 Å². The highest BCUT2D eigenvalue weighted by Gasteiger charge is 2.23. The first-order valence-corrected chi connectivity index (χ1v) is 8.73. The molecule has 0 saturated carbocycles. The molecule has 1 aliphatic rings. The molecule has 25 heavy (non-hydrogen) atoms. The second kappa shape index (κ2) is 6.62. The molecule has 1 amide bonds. The van der Waals surface area contributed by atoms with Crippen LogP contribution >= 0.6 is 24.0 Å². The van der Waals surface area contributed by atoms with Crippen molar-refractivity contribution in [1.29, 1.82) is 0 Å². The molecule has 3 heterocycles. The van der Waals surface area contributed by atoms with Crippen LogP contribution in [0.25, 0.3) is 23.0 Å². The van der Waals surface area contributed by atoms with Crippen molar-refractivity contribution in [3.05, 3.63) is 71.5 Å². The Balaban J connectivity index is 1.84. The smallest absolute Gasteiger partial charge is 0.263 e. The summed E-state index contributed by atoms with van der Waals surface area (Å²) in [4.78, 5) is 16.7. The number of thioether (sulfide) groups is 1. The van der Waals surface area contributed by atoms with E-state index in [4.69, 9.17) is 17.3 Å². The van der Waals surface area contributed by atoms with Gasteiger partial charge in [-0.2, -0.15) is 5.10 Å². The molecule has 1 N–H and O–H groups in total. The standard InChI is InChI=1S/C18H12N4OS2/c23-17-15(25-18(24)20-17)9-13-11-22(14-6-2-1-3-7-14)21-16(13)12-5-4-8-19-10-12/h1-11H,(H,20,23,24)/b15-9-. The van der Waals surface area contributed by atoms with E-state index in [2.05, 4.69) is 10.3 Å². The average Bonchev–Trinajstić information content (AvgIpc) is 3.20. The Hall–Kier alpha value is -2.77. The van der Waals surface area contributed by atoms with Gasteiger partial charge in [0.15, 0.2) is 0 Å². The maximum atomic E-state index is 12.0. The SMILES string of the molecule is O=C1NC(=S)S/C1=C\c1cn(-c2ccccc2)nc1-c1cccnc1. The topological polar surface area (TPSA) is 59.8 Å². The maximum absolute atomic E-state index is 12.0. The minimum atomic E-state index is -0.181. The van der Waals surface area contributed by atoms with Crippen LogP contribution in [0.1, 0.15) is 5.56 Å². The summed E-state index contributed by atoms with van der Waals surface area (Å²) in [5.41, 5.74) is 3.42. The van der Waals surface area contributed by atoms with Crippen molar-refractivity contribution >= 4 is 40.3 Å². The molecule has 5 nitrogen and oxygen atoms in total. The van der Waals surface area contributed by atoms with Crippen LogP contribution in [0.5, 0.6) is 0 Å². The van der Waals surface area contributed by atoms with Crippen LogP contribution in [0.3, 0.4) is 0 Å². The molecule has 1 saturated heterocycles. The van der Waals surface area contributed by atoms with Crippen LogP contribution < -0.4 is 5.32 Å². The van der Waals surface area contributed by atoms with Crippen LogP contribution in [0.2, 0.25) is 0 Å². The molecule has 4 rings (SSSR count). The first kappa shape index (κ1) is 15.7. The Labute approximate surface area is 153 Å². The van der Waals surface area contributed by atoms with E-state index in [1.54, 1.807) is 17.1 Å². The zero-order valence-electron chi connectivity index (χ0n) is 12.9. The normalized spacial score (nSPS) is 15.6. The average molecular weight is 364 g/mol. The monoisotopic (exact) mass is 364 g/mol. The number of hydrogen-bond donors (Lipinski definition) is 1. The van der Waals surface area contributed by atoms with Gasteiger partial charge in [-0.15, -0.1) is 0 Å². The number of rotatable bonds is 3. The Morgan fingerprint density at radius 1 is 1.16 bits per heavy atom. The van der Waals surface area contributed by atoms with Gasteiger partial charge in [0.25, 0.3) is 5.91 Å². The number of nitrogens with zero attached hydrogens (tertiary/aromatic N) is 3. The van der Waals surface area contributed by atoms with Gasteiger partial charge in [-0.05, 0) is 30.3 Å². The molecular formula is C18H12N4OS2. The largest absolute Gasteiger partial charge is 0.307 e. The van der Waals surface area contributed by atoms with Gasteiger partial charge < -0.3 is 5.32 Å².